The fourth-order valence-electron chi connectivity index (χ4n) is 5.26. The Morgan fingerprint density at radius 3 is 2.70 bits per heavy atom. The van der Waals surface area contributed by atoms with Gasteiger partial charge in [0.05, 0.1) is 6.42 Å². The van der Waals surface area contributed by atoms with Crippen LogP contribution in [-0.4, -0.2) is 57.9 Å². The first-order valence-electron chi connectivity index (χ1n) is 11.2. The number of nitrogens with one attached hydrogen (secondary N) is 1. The maximum Gasteiger partial charge on any atom is 0.324 e. The van der Waals surface area contributed by atoms with Crippen LogP contribution in [-0.2, 0) is 22.6 Å². The number of amides is 4. The van der Waals surface area contributed by atoms with E-state index in [0.717, 1.165) is 17.0 Å². The molecule has 4 heterocycles. The van der Waals surface area contributed by atoms with Crippen molar-refractivity contribution in [3.8, 4) is 0 Å². The molecule has 3 atom stereocenters. The summed E-state index contributed by atoms with van der Waals surface area (Å²) < 4.78 is 15.2. The Hall–Kier alpha value is -3.49. The van der Waals surface area contributed by atoms with Crippen molar-refractivity contribution in [2.75, 3.05) is 19.6 Å². The van der Waals surface area contributed by atoms with Crippen LogP contribution in [0.1, 0.15) is 30.0 Å². The average molecular weight is 452 g/mol. The van der Waals surface area contributed by atoms with Crippen molar-refractivity contribution in [2.45, 2.75) is 37.8 Å². The van der Waals surface area contributed by atoms with Crippen LogP contribution in [0.3, 0.4) is 0 Å². The molecule has 2 aromatic rings. The van der Waals surface area contributed by atoms with E-state index in [-0.39, 0.29) is 42.1 Å². The number of pyridine rings is 1. The van der Waals surface area contributed by atoms with Crippen LogP contribution >= 0.6 is 0 Å². The van der Waals surface area contributed by atoms with Crippen molar-refractivity contribution in [3.63, 3.8) is 0 Å². The summed E-state index contributed by atoms with van der Waals surface area (Å²) in [5, 5.41) is 2.62. The topological polar surface area (TPSA) is 91.7 Å². The van der Waals surface area contributed by atoms with Gasteiger partial charge in [0, 0.05) is 43.9 Å². The van der Waals surface area contributed by atoms with Gasteiger partial charge in [0.25, 0.3) is 11.5 Å². The smallest absolute Gasteiger partial charge is 0.324 e. The van der Waals surface area contributed by atoms with E-state index in [1.54, 1.807) is 33.7 Å². The predicted octanol–water partition coefficient (Wildman–Crippen LogP) is 1.49. The SMILES string of the molecule is O=C(C[C@@H]1NC(=O)N(CCc2cccc(F)c2)C1=O)N1C[C@@H]2C[C@H](C1)c1cccc(=O)n1C2. The van der Waals surface area contributed by atoms with Gasteiger partial charge in [-0.15, -0.1) is 0 Å². The second kappa shape index (κ2) is 8.46. The molecule has 1 aromatic heterocycles. The number of carbonyl (C=O) groups is 3. The van der Waals surface area contributed by atoms with Crippen molar-refractivity contribution in [3.05, 3.63) is 69.9 Å². The van der Waals surface area contributed by atoms with Crippen molar-refractivity contribution >= 4 is 17.8 Å². The molecule has 172 valence electrons. The van der Waals surface area contributed by atoms with E-state index < -0.39 is 18.0 Å². The van der Waals surface area contributed by atoms with Gasteiger partial charge in [0.15, 0.2) is 0 Å². The van der Waals surface area contributed by atoms with Crippen LogP contribution in [0, 0.1) is 11.7 Å². The molecule has 9 heteroatoms. The van der Waals surface area contributed by atoms with Gasteiger partial charge in [0.1, 0.15) is 11.9 Å². The molecule has 2 bridgehead atoms. The molecule has 8 nitrogen and oxygen atoms in total. The zero-order chi connectivity index (χ0) is 23.1. The first kappa shape index (κ1) is 21.4. The number of piperidine rings is 1. The molecule has 1 aromatic carbocycles. The molecule has 33 heavy (non-hydrogen) atoms. The van der Waals surface area contributed by atoms with E-state index in [0.29, 0.717) is 31.6 Å². The molecule has 2 fully saturated rings. The van der Waals surface area contributed by atoms with Gasteiger partial charge in [0.2, 0.25) is 5.91 Å². The number of halogens is 1. The first-order chi connectivity index (χ1) is 15.9. The van der Waals surface area contributed by atoms with Crippen LogP contribution in [0.2, 0.25) is 0 Å². The van der Waals surface area contributed by atoms with Crippen LogP contribution in [0.25, 0.3) is 0 Å². The van der Waals surface area contributed by atoms with E-state index in [1.807, 2.05) is 6.07 Å². The maximum atomic E-state index is 13.4. The highest BCUT2D eigenvalue weighted by molar-refractivity contribution is 6.05. The minimum Gasteiger partial charge on any atom is -0.342 e. The molecule has 0 radical (unpaired) electrons. The Balaban J connectivity index is 1.21. The van der Waals surface area contributed by atoms with Crippen LogP contribution in [0.4, 0.5) is 9.18 Å². The number of likely N-dealkylation sites (tertiary alicyclic amines) is 1. The Morgan fingerprint density at radius 1 is 1.06 bits per heavy atom. The highest BCUT2D eigenvalue weighted by Gasteiger charge is 2.41. The summed E-state index contributed by atoms with van der Waals surface area (Å²) in [4.78, 5) is 53.2. The lowest BCUT2D eigenvalue weighted by atomic mass is 9.83. The highest BCUT2D eigenvalue weighted by atomic mass is 19.1. The number of hydrogen-bond donors (Lipinski definition) is 1. The number of nitrogens with zero attached hydrogens (tertiary/aromatic N) is 3. The molecule has 0 aliphatic carbocycles. The van der Waals surface area contributed by atoms with Crippen LogP contribution in [0.5, 0.6) is 0 Å². The summed E-state index contributed by atoms with van der Waals surface area (Å²) in [6.45, 7) is 1.74. The number of aromatic nitrogens is 1. The highest BCUT2D eigenvalue weighted by Crippen LogP contribution is 2.35. The van der Waals surface area contributed by atoms with E-state index >= 15 is 0 Å². The fraction of sp³-hybridized carbons (Fsp3) is 0.417. The number of fused-ring (bicyclic) bond motifs is 4. The average Bonchev–Trinajstić information content (AvgIpc) is 3.05. The predicted molar refractivity (Wildman–Crippen MR) is 117 cm³/mol. The summed E-state index contributed by atoms with van der Waals surface area (Å²) in [5.41, 5.74) is 1.62. The fourth-order valence-corrected chi connectivity index (χ4v) is 5.26. The zero-order valence-electron chi connectivity index (χ0n) is 18.1. The maximum absolute atomic E-state index is 13.4. The standard InChI is InChI=1S/C24H25FN4O4/c25-18-4-1-3-15(10-18)7-8-28-23(32)19(26-24(28)33)11-22(31)27-12-16-9-17(14-27)20-5-2-6-21(30)29(20)13-16/h1-6,10,16-17,19H,7-9,11-14H2,(H,26,33)/t16-,17+,19-/m0/s1. The van der Waals surface area contributed by atoms with Crippen LogP contribution < -0.4 is 10.9 Å². The largest absolute Gasteiger partial charge is 0.342 e. The molecule has 0 saturated carbocycles. The molecule has 0 unspecified atom stereocenters. The minimum absolute atomic E-state index is 0.0143. The zero-order valence-corrected chi connectivity index (χ0v) is 18.1. The summed E-state index contributed by atoms with van der Waals surface area (Å²) in [6, 6.07) is 9.86. The Morgan fingerprint density at radius 2 is 1.88 bits per heavy atom. The number of hydrogen-bond acceptors (Lipinski definition) is 4. The molecule has 4 amide bonds. The molecular formula is C24H25FN4O4. The molecule has 2 saturated heterocycles. The monoisotopic (exact) mass is 452 g/mol. The van der Waals surface area contributed by atoms with Gasteiger partial charge in [-0.1, -0.05) is 18.2 Å². The van der Waals surface area contributed by atoms with Crippen LogP contribution in [0.15, 0.2) is 47.3 Å². The number of imide groups is 1. The van der Waals surface area contributed by atoms with E-state index in [1.165, 1.54) is 12.1 Å². The molecule has 3 aliphatic heterocycles. The number of urea groups is 1. The van der Waals surface area contributed by atoms with E-state index in [9.17, 15) is 23.6 Å². The third-order valence-corrected chi connectivity index (χ3v) is 6.83. The lowest BCUT2D eigenvalue weighted by molar-refractivity contribution is -0.137. The lowest BCUT2D eigenvalue weighted by Gasteiger charge is -2.43. The number of benzene rings is 1. The molecule has 5 rings (SSSR count). The summed E-state index contributed by atoms with van der Waals surface area (Å²) >= 11 is 0. The quantitative estimate of drug-likeness (QED) is 0.696. The molecule has 1 N–H and O–H groups in total. The van der Waals surface area contributed by atoms with Gasteiger partial charge in [-0.2, -0.15) is 0 Å². The minimum atomic E-state index is -0.894. The Kier molecular flexibility index (Phi) is 5.47. The van der Waals surface area contributed by atoms with Gasteiger partial charge >= 0.3 is 6.03 Å². The second-order valence-corrected chi connectivity index (χ2v) is 9.07. The molecule has 3 aliphatic rings. The number of carbonyl (C=O) groups excluding carboxylic acids is 3. The molecule has 0 spiro atoms. The van der Waals surface area contributed by atoms with E-state index in [4.69, 9.17) is 0 Å². The summed E-state index contributed by atoms with van der Waals surface area (Å²) in [7, 11) is 0. The van der Waals surface area contributed by atoms with Crippen molar-refractivity contribution in [1.82, 2.24) is 19.7 Å². The van der Waals surface area contributed by atoms with Gasteiger partial charge in [-0.3, -0.25) is 19.3 Å². The van der Waals surface area contributed by atoms with Crippen molar-refractivity contribution in [2.24, 2.45) is 5.92 Å². The summed E-state index contributed by atoms with van der Waals surface area (Å²) in [5.74, 6) is -0.697. The third kappa shape index (κ3) is 4.15. The Labute approximate surface area is 190 Å². The third-order valence-electron chi connectivity index (χ3n) is 6.83. The van der Waals surface area contributed by atoms with Gasteiger partial charge in [-0.25, -0.2) is 9.18 Å². The first-order valence-corrected chi connectivity index (χ1v) is 11.2. The molecular weight excluding hydrogens is 427 g/mol. The van der Waals surface area contributed by atoms with Gasteiger partial charge < -0.3 is 14.8 Å². The normalized spacial score (nSPS) is 24.0. The Bertz CT molecular complexity index is 1180. The van der Waals surface area contributed by atoms with Crippen molar-refractivity contribution in [1.29, 1.82) is 0 Å². The number of rotatable bonds is 5. The lowest BCUT2D eigenvalue weighted by Crippen LogP contribution is -2.50. The summed E-state index contributed by atoms with van der Waals surface area (Å²) in [6.07, 6.45) is 1.17. The van der Waals surface area contributed by atoms with Crippen molar-refractivity contribution < 1.29 is 18.8 Å². The second-order valence-electron chi connectivity index (χ2n) is 9.07. The van der Waals surface area contributed by atoms with E-state index in [2.05, 4.69) is 5.32 Å². The van der Waals surface area contributed by atoms with Gasteiger partial charge in [-0.05, 0) is 42.5 Å².